The Balaban J connectivity index is 2.11. The van der Waals surface area contributed by atoms with Gasteiger partial charge in [-0.05, 0) is 54.8 Å². The fourth-order valence-corrected chi connectivity index (χ4v) is 2.67. The largest absolute Gasteiger partial charge is 0.385 e. The van der Waals surface area contributed by atoms with E-state index in [1.54, 1.807) is 0 Å². The number of aryl methyl sites for hydroxylation is 1. The first-order valence-corrected chi connectivity index (χ1v) is 6.66. The summed E-state index contributed by atoms with van der Waals surface area (Å²) in [5.41, 5.74) is 10.2. The first kappa shape index (κ1) is 12.4. The Labute approximate surface area is 105 Å². The second-order valence-electron chi connectivity index (χ2n) is 5.90. The topological polar surface area (TPSA) is 38.0 Å². The lowest BCUT2D eigenvalue weighted by Gasteiger charge is -2.25. The summed E-state index contributed by atoms with van der Waals surface area (Å²) in [5, 5.41) is 3.46. The minimum Gasteiger partial charge on any atom is -0.385 e. The first-order chi connectivity index (χ1) is 8.11. The van der Waals surface area contributed by atoms with Crippen molar-refractivity contribution in [1.29, 1.82) is 0 Å². The van der Waals surface area contributed by atoms with Crippen molar-refractivity contribution >= 4 is 5.69 Å². The molecule has 0 atom stereocenters. The molecule has 1 aliphatic heterocycles. The Morgan fingerprint density at radius 1 is 1.35 bits per heavy atom. The minimum absolute atomic E-state index is 0.311. The van der Waals surface area contributed by atoms with Gasteiger partial charge in [-0.2, -0.15) is 0 Å². The van der Waals surface area contributed by atoms with Crippen molar-refractivity contribution in [3.63, 3.8) is 0 Å². The summed E-state index contributed by atoms with van der Waals surface area (Å²) in [6, 6.07) is 6.87. The minimum atomic E-state index is 0.311. The summed E-state index contributed by atoms with van der Waals surface area (Å²) in [6.45, 7) is 6.50. The third-order valence-corrected chi connectivity index (χ3v) is 3.61. The van der Waals surface area contributed by atoms with Gasteiger partial charge in [-0.25, -0.2) is 0 Å². The molecule has 0 amide bonds. The molecule has 94 valence electrons. The molecule has 2 nitrogen and oxygen atoms in total. The van der Waals surface area contributed by atoms with E-state index in [0.29, 0.717) is 5.41 Å². The number of nitrogens with one attached hydrogen (secondary N) is 1. The van der Waals surface area contributed by atoms with Crippen LogP contribution < -0.4 is 11.1 Å². The van der Waals surface area contributed by atoms with Crippen LogP contribution in [0, 0.1) is 5.41 Å². The normalized spacial score (nSPS) is 15.2. The Kier molecular flexibility index (Phi) is 3.72. The third kappa shape index (κ3) is 3.22. The van der Waals surface area contributed by atoms with Gasteiger partial charge in [-0.1, -0.05) is 26.0 Å². The molecule has 1 aromatic rings. The van der Waals surface area contributed by atoms with Crippen molar-refractivity contribution in [1.82, 2.24) is 0 Å². The number of hydrogen-bond donors (Lipinski definition) is 2. The van der Waals surface area contributed by atoms with E-state index in [-0.39, 0.29) is 0 Å². The predicted molar refractivity (Wildman–Crippen MR) is 74.4 cm³/mol. The highest BCUT2D eigenvalue weighted by Crippen LogP contribution is 2.29. The summed E-state index contributed by atoms with van der Waals surface area (Å²) >= 11 is 0. The maximum absolute atomic E-state index is 5.67. The average Bonchev–Trinajstić information content (AvgIpc) is 2.28. The monoisotopic (exact) mass is 232 g/mol. The third-order valence-electron chi connectivity index (χ3n) is 3.61. The Hall–Kier alpha value is -1.02. The van der Waals surface area contributed by atoms with Gasteiger partial charge < -0.3 is 11.1 Å². The molecule has 0 aliphatic carbocycles. The molecule has 0 fully saturated rings. The second kappa shape index (κ2) is 5.09. The Bertz CT molecular complexity index is 383. The van der Waals surface area contributed by atoms with E-state index in [2.05, 4.69) is 37.4 Å². The number of rotatable bonds is 4. The molecule has 1 aromatic carbocycles. The van der Waals surface area contributed by atoms with Gasteiger partial charge in [0.15, 0.2) is 0 Å². The molecular formula is C15H24N2. The van der Waals surface area contributed by atoms with Crippen LogP contribution in [0.15, 0.2) is 18.2 Å². The van der Waals surface area contributed by atoms with Crippen molar-refractivity contribution in [3.05, 3.63) is 29.3 Å². The van der Waals surface area contributed by atoms with Crippen LogP contribution in [-0.2, 0) is 12.8 Å². The summed E-state index contributed by atoms with van der Waals surface area (Å²) in [4.78, 5) is 0. The Morgan fingerprint density at radius 2 is 2.18 bits per heavy atom. The van der Waals surface area contributed by atoms with Crippen LogP contribution in [-0.4, -0.2) is 13.1 Å². The predicted octanol–water partition coefficient (Wildman–Crippen LogP) is 2.96. The van der Waals surface area contributed by atoms with Crippen LogP contribution in [0.1, 0.15) is 37.8 Å². The van der Waals surface area contributed by atoms with Gasteiger partial charge in [0.05, 0.1) is 0 Å². The molecule has 0 radical (unpaired) electrons. The van der Waals surface area contributed by atoms with Crippen molar-refractivity contribution < 1.29 is 0 Å². The number of anilines is 1. The number of hydrogen-bond acceptors (Lipinski definition) is 2. The molecule has 0 aromatic heterocycles. The zero-order valence-electron chi connectivity index (χ0n) is 11.1. The average molecular weight is 232 g/mol. The molecule has 0 saturated heterocycles. The van der Waals surface area contributed by atoms with Gasteiger partial charge in [-0.15, -0.1) is 0 Å². The van der Waals surface area contributed by atoms with Crippen LogP contribution in [0.2, 0.25) is 0 Å². The molecule has 3 N–H and O–H groups in total. The van der Waals surface area contributed by atoms with Crippen molar-refractivity contribution in [3.8, 4) is 0 Å². The van der Waals surface area contributed by atoms with Gasteiger partial charge in [0.1, 0.15) is 0 Å². The van der Waals surface area contributed by atoms with E-state index in [4.69, 9.17) is 5.73 Å². The van der Waals surface area contributed by atoms with E-state index < -0.39 is 0 Å². The van der Waals surface area contributed by atoms with Gasteiger partial charge in [0.2, 0.25) is 0 Å². The fraction of sp³-hybridized carbons (Fsp3) is 0.600. The standard InChI is InChI=1S/C15H24N2/c1-15(2,7-8-16)11-12-5-6-14-13(10-12)4-3-9-17-14/h5-6,10,17H,3-4,7-9,11,16H2,1-2H3. The van der Waals surface area contributed by atoms with E-state index in [0.717, 1.165) is 25.9 Å². The SMILES string of the molecule is CC(C)(CCN)Cc1ccc2c(c1)CCCN2. The zero-order chi connectivity index (χ0) is 12.3. The van der Waals surface area contributed by atoms with E-state index in [9.17, 15) is 0 Å². The van der Waals surface area contributed by atoms with E-state index in [1.807, 2.05) is 0 Å². The maximum atomic E-state index is 5.67. The molecule has 0 saturated carbocycles. The molecule has 1 aliphatic rings. The van der Waals surface area contributed by atoms with Gasteiger partial charge in [0, 0.05) is 12.2 Å². The lowest BCUT2D eigenvalue weighted by atomic mass is 9.82. The summed E-state index contributed by atoms with van der Waals surface area (Å²) in [6.07, 6.45) is 4.68. The summed E-state index contributed by atoms with van der Waals surface area (Å²) in [5.74, 6) is 0. The van der Waals surface area contributed by atoms with Crippen molar-refractivity contribution in [2.45, 2.75) is 39.5 Å². The fourth-order valence-electron chi connectivity index (χ4n) is 2.67. The van der Waals surface area contributed by atoms with Crippen LogP contribution >= 0.6 is 0 Å². The number of benzene rings is 1. The van der Waals surface area contributed by atoms with Crippen LogP contribution in [0.25, 0.3) is 0 Å². The number of fused-ring (bicyclic) bond motifs is 1. The maximum Gasteiger partial charge on any atom is 0.0372 e. The molecule has 2 rings (SSSR count). The van der Waals surface area contributed by atoms with Gasteiger partial charge in [0.25, 0.3) is 0 Å². The smallest absolute Gasteiger partial charge is 0.0372 e. The molecule has 1 heterocycles. The molecule has 17 heavy (non-hydrogen) atoms. The lowest BCUT2D eigenvalue weighted by Crippen LogP contribution is -2.20. The molecule has 0 unspecified atom stereocenters. The summed E-state index contributed by atoms with van der Waals surface area (Å²) < 4.78 is 0. The van der Waals surface area contributed by atoms with E-state index in [1.165, 1.54) is 29.7 Å². The second-order valence-corrected chi connectivity index (χ2v) is 5.90. The van der Waals surface area contributed by atoms with Gasteiger partial charge in [-0.3, -0.25) is 0 Å². The molecule has 2 heteroatoms. The van der Waals surface area contributed by atoms with Crippen LogP contribution in [0.5, 0.6) is 0 Å². The molecular weight excluding hydrogens is 208 g/mol. The molecule has 0 bridgehead atoms. The first-order valence-electron chi connectivity index (χ1n) is 6.66. The van der Waals surface area contributed by atoms with Gasteiger partial charge >= 0.3 is 0 Å². The van der Waals surface area contributed by atoms with Crippen LogP contribution in [0.4, 0.5) is 5.69 Å². The molecule has 0 spiro atoms. The number of nitrogens with two attached hydrogens (primary N) is 1. The highest BCUT2D eigenvalue weighted by molar-refractivity contribution is 5.54. The van der Waals surface area contributed by atoms with Crippen molar-refractivity contribution in [2.24, 2.45) is 11.1 Å². The lowest BCUT2D eigenvalue weighted by molar-refractivity contribution is 0.338. The van der Waals surface area contributed by atoms with Crippen LogP contribution in [0.3, 0.4) is 0 Å². The summed E-state index contributed by atoms with van der Waals surface area (Å²) in [7, 11) is 0. The van der Waals surface area contributed by atoms with E-state index >= 15 is 0 Å². The highest BCUT2D eigenvalue weighted by atomic mass is 14.9. The zero-order valence-corrected chi connectivity index (χ0v) is 11.1. The Morgan fingerprint density at radius 3 is 2.94 bits per heavy atom. The quantitative estimate of drug-likeness (QED) is 0.837. The van der Waals surface area contributed by atoms with Crippen molar-refractivity contribution in [2.75, 3.05) is 18.4 Å². The highest BCUT2D eigenvalue weighted by Gasteiger charge is 2.18.